The fraction of sp³-hybridized carbons (Fsp3) is 0.100. The highest BCUT2D eigenvalue weighted by molar-refractivity contribution is 5.92. The SMILES string of the molecule is Cc1cc(F)c(C#CC(N)=O)cc1[N+](=O)[O-]. The second kappa shape index (κ2) is 4.40. The van der Waals surface area contributed by atoms with Crippen LogP contribution >= 0.6 is 0 Å². The smallest absolute Gasteiger partial charge is 0.293 e. The highest BCUT2D eigenvalue weighted by Gasteiger charge is 2.14. The first-order chi connectivity index (χ1) is 7.41. The number of benzene rings is 1. The lowest BCUT2D eigenvalue weighted by Crippen LogP contribution is -2.06. The summed E-state index contributed by atoms with van der Waals surface area (Å²) in [6, 6.07) is 1.96. The van der Waals surface area contributed by atoms with Gasteiger partial charge in [-0.1, -0.05) is 5.92 Å². The first-order valence-corrected chi connectivity index (χ1v) is 4.18. The molecule has 0 fully saturated rings. The summed E-state index contributed by atoms with van der Waals surface area (Å²) >= 11 is 0. The van der Waals surface area contributed by atoms with Crippen LogP contribution in [0.2, 0.25) is 0 Å². The van der Waals surface area contributed by atoms with Crippen LogP contribution in [-0.2, 0) is 4.79 Å². The second-order valence-electron chi connectivity index (χ2n) is 2.99. The summed E-state index contributed by atoms with van der Waals surface area (Å²) in [4.78, 5) is 20.3. The Bertz CT molecular complexity index is 529. The van der Waals surface area contributed by atoms with Crippen molar-refractivity contribution in [3.05, 3.63) is 39.2 Å². The van der Waals surface area contributed by atoms with Gasteiger partial charge in [0.25, 0.3) is 11.6 Å². The van der Waals surface area contributed by atoms with Gasteiger partial charge in [-0.25, -0.2) is 4.39 Å². The van der Waals surface area contributed by atoms with E-state index in [2.05, 4.69) is 5.92 Å². The molecule has 0 atom stereocenters. The van der Waals surface area contributed by atoms with Crippen molar-refractivity contribution in [2.75, 3.05) is 0 Å². The Hall–Kier alpha value is -2.42. The number of amides is 1. The third-order valence-electron chi connectivity index (χ3n) is 1.80. The van der Waals surface area contributed by atoms with E-state index in [0.29, 0.717) is 0 Å². The minimum Gasteiger partial charge on any atom is -0.359 e. The van der Waals surface area contributed by atoms with Crippen molar-refractivity contribution in [3.63, 3.8) is 0 Å². The fourth-order valence-corrected chi connectivity index (χ4v) is 1.08. The lowest BCUT2D eigenvalue weighted by molar-refractivity contribution is -0.385. The molecule has 0 unspecified atom stereocenters. The first-order valence-electron chi connectivity index (χ1n) is 4.18. The Morgan fingerprint density at radius 3 is 2.69 bits per heavy atom. The lowest BCUT2D eigenvalue weighted by atomic mass is 10.1. The van der Waals surface area contributed by atoms with E-state index in [4.69, 9.17) is 5.73 Å². The maximum Gasteiger partial charge on any atom is 0.293 e. The van der Waals surface area contributed by atoms with Crippen molar-refractivity contribution in [1.82, 2.24) is 0 Å². The van der Waals surface area contributed by atoms with Crippen LogP contribution in [0.5, 0.6) is 0 Å². The zero-order valence-corrected chi connectivity index (χ0v) is 8.28. The molecule has 0 spiro atoms. The minimum absolute atomic E-state index is 0.187. The molecule has 0 heterocycles. The molecule has 0 aliphatic heterocycles. The van der Waals surface area contributed by atoms with Crippen LogP contribution in [0.1, 0.15) is 11.1 Å². The third kappa shape index (κ3) is 2.54. The molecule has 6 heteroatoms. The first kappa shape index (κ1) is 11.7. The van der Waals surface area contributed by atoms with E-state index in [1.165, 1.54) is 6.92 Å². The molecule has 0 aliphatic carbocycles. The van der Waals surface area contributed by atoms with Gasteiger partial charge in [-0.2, -0.15) is 0 Å². The number of carbonyl (C=O) groups excluding carboxylic acids is 1. The maximum absolute atomic E-state index is 13.3. The average molecular weight is 222 g/mol. The van der Waals surface area contributed by atoms with Gasteiger partial charge in [0.15, 0.2) is 0 Å². The van der Waals surface area contributed by atoms with E-state index in [0.717, 1.165) is 12.1 Å². The Morgan fingerprint density at radius 1 is 1.56 bits per heavy atom. The van der Waals surface area contributed by atoms with Crippen molar-refractivity contribution in [2.24, 2.45) is 5.73 Å². The maximum atomic E-state index is 13.3. The largest absolute Gasteiger partial charge is 0.359 e. The van der Waals surface area contributed by atoms with E-state index in [9.17, 15) is 19.3 Å². The molecule has 1 aromatic carbocycles. The number of nitro benzene ring substituents is 1. The number of hydrogen-bond acceptors (Lipinski definition) is 3. The molecule has 82 valence electrons. The second-order valence-corrected chi connectivity index (χ2v) is 2.99. The molecule has 0 radical (unpaired) electrons. The normalized spacial score (nSPS) is 9.12. The van der Waals surface area contributed by atoms with Crippen molar-refractivity contribution >= 4 is 11.6 Å². The zero-order valence-electron chi connectivity index (χ0n) is 8.28. The fourth-order valence-electron chi connectivity index (χ4n) is 1.08. The van der Waals surface area contributed by atoms with Crippen LogP contribution < -0.4 is 5.73 Å². The molecule has 0 aliphatic rings. The highest BCUT2D eigenvalue weighted by Crippen LogP contribution is 2.21. The molecule has 16 heavy (non-hydrogen) atoms. The summed E-state index contributed by atoms with van der Waals surface area (Å²) in [5.74, 6) is 2.39. The number of hydrogen-bond donors (Lipinski definition) is 1. The van der Waals surface area contributed by atoms with Gasteiger partial charge in [-0.15, -0.1) is 0 Å². The number of aryl methyl sites for hydroxylation is 1. The number of primary amides is 1. The van der Waals surface area contributed by atoms with Gasteiger partial charge < -0.3 is 5.73 Å². The van der Waals surface area contributed by atoms with Crippen molar-refractivity contribution < 1.29 is 14.1 Å². The molecule has 1 aromatic rings. The van der Waals surface area contributed by atoms with E-state index in [-0.39, 0.29) is 16.8 Å². The van der Waals surface area contributed by atoms with Crippen LogP contribution in [0.15, 0.2) is 12.1 Å². The summed E-state index contributed by atoms with van der Waals surface area (Å²) in [6.45, 7) is 1.41. The molecule has 2 N–H and O–H groups in total. The number of nitro groups is 1. The van der Waals surface area contributed by atoms with Crippen LogP contribution in [0, 0.1) is 34.7 Å². The summed E-state index contributed by atoms with van der Waals surface area (Å²) in [6.07, 6.45) is 0. The van der Waals surface area contributed by atoms with E-state index in [1.807, 2.05) is 5.92 Å². The highest BCUT2D eigenvalue weighted by atomic mass is 19.1. The topological polar surface area (TPSA) is 86.2 Å². The molecular formula is C10H7FN2O3. The Balaban J connectivity index is 3.32. The van der Waals surface area contributed by atoms with E-state index in [1.54, 1.807) is 0 Å². The van der Waals surface area contributed by atoms with Gasteiger partial charge in [-0.3, -0.25) is 14.9 Å². The van der Waals surface area contributed by atoms with Gasteiger partial charge >= 0.3 is 0 Å². The van der Waals surface area contributed by atoms with E-state index < -0.39 is 16.6 Å². The van der Waals surface area contributed by atoms with Gasteiger partial charge in [0, 0.05) is 17.6 Å². The number of halogens is 1. The standard InChI is InChI=1S/C10H7FN2O3/c1-6-4-8(11)7(2-3-10(12)14)5-9(6)13(15)16/h4-5H,1H3,(H2,12,14). The Labute approximate surface area is 90.2 Å². The van der Waals surface area contributed by atoms with Gasteiger partial charge in [0.2, 0.25) is 0 Å². The molecular weight excluding hydrogens is 215 g/mol. The van der Waals surface area contributed by atoms with Crippen LogP contribution in [-0.4, -0.2) is 10.8 Å². The number of carbonyl (C=O) groups is 1. The van der Waals surface area contributed by atoms with Gasteiger partial charge in [-0.05, 0) is 13.0 Å². The van der Waals surface area contributed by atoms with Crippen LogP contribution in [0.3, 0.4) is 0 Å². The number of rotatable bonds is 1. The molecule has 1 rings (SSSR count). The third-order valence-corrected chi connectivity index (χ3v) is 1.80. The molecule has 0 saturated carbocycles. The van der Waals surface area contributed by atoms with Gasteiger partial charge in [0.05, 0.1) is 10.5 Å². The summed E-state index contributed by atoms with van der Waals surface area (Å²) in [5, 5.41) is 10.6. The summed E-state index contributed by atoms with van der Waals surface area (Å²) in [5.41, 5.74) is 4.46. The molecule has 1 amide bonds. The minimum atomic E-state index is -0.928. The Kier molecular flexibility index (Phi) is 3.20. The molecule has 0 bridgehead atoms. The summed E-state index contributed by atoms with van der Waals surface area (Å²) < 4.78 is 13.3. The Morgan fingerprint density at radius 2 is 2.19 bits per heavy atom. The van der Waals surface area contributed by atoms with Gasteiger partial charge in [0.1, 0.15) is 5.82 Å². The van der Waals surface area contributed by atoms with Crippen molar-refractivity contribution in [3.8, 4) is 11.8 Å². The monoisotopic (exact) mass is 222 g/mol. The lowest BCUT2D eigenvalue weighted by Gasteiger charge is -1.99. The van der Waals surface area contributed by atoms with Crippen molar-refractivity contribution in [2.45, 2.75) is 6.92 Å². The summed E-state index contributed by atoms with van der Waals surface area (Å²) in [7, 11) is 0. The van der Waals surface area contributed by atoms with E-state index >= 15 is 0 Å². The van der Waals surface area contributed by atoms with Crippen LogP contribution in [0.4, 0.5) is 10.1 Å². The zero-order chi connectivity index (χ0) is 12.3. The molecule has 0 aromatic heterocycles. The molecule has 0 saturated heterocycles. The van der Waals surface area contributed by atoms with Crippen LogP contribution in [0.25, 0.3) is 0 Å². The predicted molar refractivity (Wildman–Crippen MR) is 53.9 cm³/mol. The number of nitrogens with two attached hydrogens (primary N) is 1. The predicted octanol–water partition coefficient (Wildman–Crippen LogP) is 0.879. The average Bonchev–Trinajstić information content (AvgIpc) is 2.15. The number of nitrogens with zero attached hydrogens (tertiary/aromatic N) is 1. The molecule has 5 nitrogen and oxygen atoms in total. The quantitative estimate of drug-likeness (QED) is 0.434. The van der Waals surface area contributed by atoms with Crippen molar-refractivity contribution in [1.29, 1.82) is 0 Å².